The Morgan fingerprint density at radius 2 is 1.88 bits per heavy atom. The van der Waals surface area contributed by atoms with Gasteiger partial charge in [0.2, 0.25) is 0 Å². The van der Waals surface area contributed by atoms with Gasteiger partial charge in [0.05, 0.1) is 23.6 Å². The lowest BCUT2D eigenvalue weighted by Crippen LogP contribution is -2.35. The maximum atomic E-state index is 9.33. The van der Waals surface area contributed by atoms with E-state index in [1.54, 1.807) is 0 Å². The molecule has 130 valence electrons. The number of benzene rings is 1. The van der Waals surface area contributed by atoms with Gasteiger partial charge in [-0.25, -0.2) is 4.98 Å². The topological polar surface area (TPSA) is 52.8 Å². The Balaban J connectivity index is 1.47. The number of piperidine rings is 1. The molecular weight excluding hydrogens is 312 g/mol. The summed E-state index contributed by atoms with van der Waals surface area (Å²) in [5, 5.41) is 12.9. The van der Waals surface area contributed by atoms with Gasteiger partial charge < -0.3 is 19.7 Å². The summed E-state index contributed by atoms with van der Waals surface area (Å²) >= 11 is 0. The minimum atomic E-state index is 0.307. The molecule has 0 bridgehead atoms. The SMILES string of the molecule is OCC1CCN(c2ccccc2NCc2cn3ccccc3n2)CC1. The molecule has 1 saturated heterocycles. The van der Waals surface area contributed by atoms with Gasteiger partial charge in [0, 0.05) is 32.1 Å². The molecule has 5 nitrogen and oxygen atoms in total. The maximum absolute atomic E-state index is 9.33. The van der Waals surface area contributed by atoms with Crippen molar-refractivity contribution in [3.05, 3.63) is 60.6 Å². The molecule has 1 aromatic carbocycles. The van der Waals surface area contributed by atoms with Crippen molar-refractivity contribution < 1.29 is 5.11 Å². The van der Waals surface area contributed by atoms with Crippen LogP contribution in [-0.4, -0.2) is 34.2 Å². The van der Waals surface area contributed by atoms with Crippen molar-refractivity contribution in [3.63, 3.8) is 0 Å². The first-order valence-corrected chi connectivity index (χ1v) is 8.95. The fourth-order valence-corrected chi connectivity index (χ4v) is 3.51. The molecule has 2 N–H and O–H groups in total. The smallest absolute Gasteiger partial charge is 0.137 e. The van der Waals surface area contributed by atoms with Gasteiger partial charge in [0.15, 0.2) is 0 Å². The average Bonchev–Trinajstić information content (AvgIpc) is 3.10. The highest BCUT2D eigenvalue weighted by Gasteiger charge is 2.20. The van der Waals surface area contributed by atoms with Gasteiger partial charge >= 0.3 is 0 Å². The highest BCUT2D eigenvalue weighted by Crippen LogP contribution is 2.30. The third kappa shape index (κ3) is 3.46. The van der Waals surface area contributed by atoms with Crippen molar-refractivity contribution >= 4 is 17.0 Å². The zero-order valence-electron chi connectivity index (χ0n) is 14.3. The molecule has 5 heteroatoms. The van der Waals surface area contributed by atoms with Crippen LogP contribution in [0.5, 0.6) is 0 Å². The van der Waals surface area contributed by atoms with Crippen LogP contribution < -0.4 is 10.2 Å². The molecule has 3 heterocycles. The highest BCUT2D eigenvalue weighted by molar-refractivity contribution is 5.70. The molecule has 3 aromatic rings. The summed E-state index contributed by atoms with van der Waals surface area (Å²) < 4.78 is 2.04. The van der Waals surface area contributed by atoms with Gasteiger partial charge in [0.25, 0.3) is 0 Å². The standard InChI is InChI=1S/C20H24N4O/c25-15-16-8-11-23(12-9-16)19-6-2-1-5-18(19)21-13-17-14-24-10-4-3-7-20(24)22-17/h1-7,10,14,16,21,25H,8-9,11-13,15H2. The molecule has 0 aliphatic carbocycles. The minimum Gasteiger partial charge on any atom is -0.396 e. The average molecular weight is 336 g/mol. The second-order valence-corrected chi connectivity index (χ2v) is 6.68. The van der Waals surface area contributed by atoms with Crippen LogP contribution in [0, 0.1) is 5.92 Å². The molecule has 1 aliphatic rings. The Labute approximate surface area is 147 Å². The Morgan fingerprint density at radius 1 is 1.08 bits per heavy atom. The van der Waals surface area contributed by atoms with Gasteiger partial charge in [-0.05, 0) is 43.0 Å². The van der Waals surface area contributed by atoms with E-state index in [9.17, 15) is 5.11 Å². The predicted octanol–water partition coefficient (Wildman–Crippen LogP) is 3.16. The molecule has 0 radical (unpaired) electrons. The molecule has 25 heavy (non-hydrogen) atoms. The van der Waals surface area contributed by atoms with Crippen molar-refractivity contribution in [2.45, 2.75) is 19.4 Å². The zero-order chi connectivity index (χ0) is 17.1. The summed E-state index contributed by atoms with van der Waals surface area (Å²) in [4.78, 5) is 7.06. The van der Waals surface area contributed by atoms with E-state index in [4.69, 9.17) is 0 Å². The maximum Gasteiger partial charge on any atom is 0.137 e. The number of hydrogen-bond donors (Lipinski definition) is 2. The second-order valence-electron chi connectivity index (χ2n) is 6.68. The fourth-order valence-electron chi connectivity index (χ4n) is 3.51. The van der Waals surface area contributed by atoms with Crippen LogP contribution in [0.4, 0.5) is 11.4 Å². The van der Waals surface area contributed by atoms with Gasteiger partial charge in [-0.15, -0.1) is 0 Å². The molecule has 2 aromatic heterocycles. The van der Waals surface area contributed by atoms with Gasteiger partial charge in [-0.2, -0.15) is 0 Å². The third-order valence-electron chi connectivity index (χ3n) is 4.99. The number of aromatic nitrogens is 2. The van der Waals surface area contributed by atoms with Gasteiger partial charge in [-0.1, -0.05) is 18.2 Å². The molecule has 0 spiro atoms. The van der Waals surface area contributed by atoms with E-state index >= 15 is 0 Å². The number of rotatable bonds is 5. The van der Waals surface area contributed by atoms with Gasteiger partial charge in [-0.3, -0.25) is 0 Å². The number of aliphatic hydroxyl groups is 1. The lowest BCUT2D eigenvalue weighted by Gasteiger charge is -2.34. The van der Waals surface area contributed by atoms with Crippen LogP contribution in [0.25, 0.3) is 5.65 Å². The van der Waals surface area contributed by atoms with Gasteiger partial charge in [0.1, 0.15) is 5.65 Å². The second kappa shape index (κ2) is 7.15. The first-order chi connectivity index (χ1) is 12.3. The largest absolute Gasteiger partial charge is 0.396 e. The van der Waals surface area contributed by atoms with E-state index < -0.39 is 0 Å². The number of para-hydroxylation sites is 2. The minimum absolute atomic E-state index is 0.307. The Morgan fingerprint density at radius 3 is 2.68 bits per heavy atom. The molecule has 0 atom stereocenters. The number of hydrogen-bond acceptors (Lipinski definition) is 4. The molecular formula is C20H24N4O. The molecule has 4 rings (SSSR count). The van der Waals surface area contributed by atoms with E-state index in [1.807, 2.05) is 28.8 Å². The third-order valence-corrected chi connectivity index (χ3v) is 4.99. The first kappa shape index (κ1) is 16.0. The van der Waals surface area contributed by atoms with Crippen molar-refractivity contribution in [2.24, 2.45) is 5.92 Å². The Bertz CT molecular complexity index is 803. The van der Waals surface area contributed by atoms with Crippen molar-refractivity contribution in [1.29, 1.82) is 0 Å². The van der Waals surface area contributed by atoms with E-state index in [0.717, 1.165) is 43.0 Å². The summed E-state index contributed by atoms with van der Waals surface area (Å²) in [5.41, 5.74) is 4.38. The number of pyridine rings is 1. The number of anilines is 2. The van der Waals surface area contributed by atoms with Crippen molar-refractivity contribution in [3.8, 4) is 0 Å². The van der Waals surface area contributed by atoms with E-state index in [2.05, 4.69) is 45.7 Å². The van der Waals surface area contributed by atoms with E-state index in [1.165, 1.54) is 5.69 Å². The monoisotopic (exact) mass is 336 g/mol. The van der Waals surface area contributed by atoms with Crippen LogP contribution in [0.15, 0.2) is 54.9 Å². The normalized spacial score (nSPS) is 15.6. The lowest BCUT2D eigenvalue weighted by atomic mass is 9.97. The molecule has 1 aliphatic heterocycles. The number of nitrogens with zero attached hydrogens (tertiary/aromatic N) is 3. The Kier molecular flexibility index (Phi) is 4.57. The molecule has 0 saturated carbocycles. The summed E-state index contributed by atoms with van der Waals surface area (Å²) in [5.74, 6) is 0.453. The van der Waals surface area contributed by atoms with Crippen LogP contribution >= 0.6 is 0 Å². The summed E-state index contributed by atoms with van der Waals surface area (Å²) in [6, 6.07) is 14.5. The summed E-state index contributed by atoms with van der Waals surface area (Å²) in [6.07, 6.45) is 6.19. The number of imidazole rings is 1. The first-order valence-electron chi connectivity index (χ1n) is 8.95. The Hall–Kier alpha value is -2.53. The lowest BCUT2D eigenvalue weighted by molar-refractivity contribution is 0.203. The van der Waals surface area contributed by atoms with Crippen molar-refractivity contribution in [1.82, 2.24) is 9.38 Å². The number of fused-ring (bicyclic) bond motifs is 1. The van der Waals surface area contributed by atoms with E-state index in [0.29, 0.717) is 19.1 Å². The van der Waals surface area contributed by atoms with Crippen LogP contribution in [0.3, 0.4) is 0 Å². The van der Waals surface area contributed by atoms with Crippen LogP contribution in [0.2, 0.25) is 0 Å². The van der Waals surface area contributed by atoms with Crippen molar-refractivity contribution in [2.75, 3.05) is 29.9 Å². The van der Waals surface area contributed by atoms with Crippen LogP contribution in [-0.2, 0) is 6.54 Å². The predicted molar refractivity (Wildman–Crippen MR) is 101 cm³/mol. The summed E-state index contributed by atoms with van der Waals surface area (Å²) in [6.45, 7) is 3.00. The number of aliphatic hydroxyl groups excluding tert-OH is 1. The number of nitrogens with one attached hydrogen (secondary N) is 1. The zero-order valence-corrected chi connectivity index (χ0v) is 14.3. The summed E-state index contributed by atoms with van der Waals surface area (Å²) in [7, 11) is 0. The van der Waals surface area contributed by atoms with Crippen LogP contribution in [0.1, 0.15) is 18.5 Å². The fraction of sp³-hybridized carbons (Fsp3) is 0.350. The molecule has 1 fully saturated rings. The quantitative estimate of drug-likeness (QED) is 0.751. The molecule has 0 amide bonds. The highest BCUT2D eigenvalue weighted by atomic mass is 16.3. The molecule has 0 unspecified atom stereocenters. The van der Waals surface area contributed by atoms with E-state index in [-0.39, 0.29) is 0 Å².